The van der Waals surface area contributed by atoms with Crippen molar-refractivity contribution in [3.8, 4) is 11.1 Å². The van der Waals surface area contributed by atoms with E-state index in [1.54, 1.807) is 54.6 Å². The number of carboxylic acid groups (broad SMARTS) is 1. The van der Waals surface area contributed by atoms with Gasteiger partial charge >= 0.3 is 5.97 Å². The zero-order chi connectivity index (χ0) is 18.5. The Bertz CT molecular complexity index is 1010. The van der Waals surface area contributed by atoms with E-state index in [-0.39, 0.29) is 17.2 Å². The largest absolute Gasteiger partial charge is 0.478 e. The van der Waals surface area contributed by atoms with Crippen LogP contribution in [0, 0.1) is 5.82 Å². The van der Waals surface area contributed by atoms with Gasteiger partial charge in [-0.1, -0.05) is 60.7 Å². The van der Waals surface area contributed by atoms with E-state index >= 15 is 0 Å². The Balaban J connectivity index is 1.96. The molecule has 3 aromatic rings. The van der Waals surface area contributed by atoms with Crippen molar-refractivity contribution in [3.63, 3.8) is 0 Å². The predicted octanol–water partition coefficient (Wildman–Crippen LogP) is 5.09. The second-order valence-electron chi connectivity index (χ2n) is 5.65. The number of carboxylic acids is 1. The molecule has 0 saturated heterocycles. The topological polar surface area (TPSA) is 54.4 Å². The second kappa shape index (κ2) is 7.57. The van der Waals surface area contributed by atoms with Crippen LogP contribution in [0.15, 0.2) is 78.9 Å². The molecule has 0 aliphatic heterocycles. The Hall–Kier alpha value is -3.53. The standard InChI is InChI=1S/C22H15FO3/c23-17-8-5-7-16(14-17)18-9-3-4-11-20(18)21(24)13-12-15-6-1-2-10-19(15)22(25)26/h1-14H,(H,25,26)/b13-12+. The van der Waals surface area contributed by atoms with E-state index in [0.29, 0.717) is 22.3 Å². The summed E-state index contributed by atoms with van der Waals surface area (Å²) in [6.07, 6.45) is 2.81. The molecular formula is C22H15FO3. The third kappa shape index (κ3) is 3.75. The van der Waals surface area contributed by atoms with E-state index in [1.165, 1.54) is 30.4 Å². The molecule has 0 atom stereocenters. The molecule has 1 N–H and O–H groups in total. The molecular weight excluding hydrogens is 331 g/mol. The van der Waals surface area contributed by atoms with Crippen LogP contribution in [0.2, 0.25) is 0 Å². The number of aromatic carboxylic acids is 1. The number of halogens is 1. The number of hydrogen-bond acceptors (Lipinski definition) is 2. The molecule has 3 rings (SSSR count). The van der Waals surface area contributed by atoms with Gasteiger partial charge in [0.05, 0.1) is 5.56 Å². The van der Waals surface area contributed by atoms with Crippen LogP contribution >= 0.6 is 0 Å². The Kier molecular flexibility index (Phi) is 5.04. The van der Waals surface area contributed by atoms with Gasteiger partial charge in [0.15, 0.2) is 5.78 Å². The minimum Gasteiger partial charge on any atom is -0.478 e. The van der Waals surface area contributed by atoms with Crippen molar-refractivity contribution in [2.45, 2.75) is 0 Å². The minimum atomic E-state index is -1.06. The van der Waals surface area contributed by atoms with Crippen molar-refractivity contribution in [3.05, 3.63) is 101 Å². The molecule has 0 radical (unpaired) electrons. The summed E-state index contributed by atoms with van der Waals surface area (Å²) in [6, 6.07) is 19.4. The fraction of sp³-hybridized carbons (Fsp3) is 0. The first-order valence-corrected chi connectivity index (χ1v) is 7.96. The number of ketones is 1. The normalized spacial score (nSPS) is 10.8. The van der Waals surface area contributed by atoms with Gasteiger partial charge in [-0.25, -0.2) is 9.18 Å². The predicted molar refractivity (Wildman–Crippen MR) is 98.6 cm³/mol. The molecule has 0 heterocycles. The van der Waals surface area contributed by atoms with Crippen LogP contribution in [0.25, 0.3) is 17.2 Å². The van der Waals surface area contributed by atoms with Crippen LogP contribution in [0.1, 0.15) is 26.3 Å². The van der Waals surface area contributed by atoms with Crippen LogP contribution < -0.4 is 0 Å². The number of hydrogen-bond donors (Lipinski definition) is 1. The minimum absolute atomic E-state index is 0.120. The lowest BCUT2D eigenvalue weighted by atomic mass is 9.96. The maximum Gasteiger partial charge on any atom is 0.336 e. The first kappa shape index (κ1) is 17.3. The van der Waals surface area contributed by atoms with Crippen LogP contribution in [0.5, 0.6) is 0 Å². The average molecular weight is 346 g/mol. The number of allylic oxidation sites excluding steroid dienone is 1. The molecule has 0 amide bonds. The smallest absolute Gasteiger partial charge is 0.336 e. The molecule has 128 valence electrons. The quantitative estimate of drug-likeness (QED) is 0.517. The fourth-order valence-electron chi connectivity index (χ4n) is 2.70. The highest BCUT2D eigenvalue weighted by Crippen LogP contribution is 2.25. The molecule has 0 bridgehead atoms. The highest BCUT2D eigenvalue weighted by Gasteiger charge is 2.11. The number of carbonyl (C=O) groups is 2. The molecule has 0 aliphatic rings. The van der Waals surface area contributed by atoms with Crippen molar-refractivity contribution in [1.82, 2.24) is 0 Å². The summed E-state index contributed by atoms with van der Waals surface area (Å²) in [7, 11) is 0. The zero-order valence-corrected chi connectivity index (χ0v) is 13.7. The summed E-state index contributed by atoms with van der Waals surface area (Å²) in [5.74, 6) is -1.72. The molecule has 0 unspecified atom stereocenters. The SMILES string of the molecule is O=C(O)c1ccccc1/C=C/C(=O)c1ccccc1-c1cccc(F)c1. The molecule has 0 aromatic heterocycles. The molecule has 0 aliphatic carbocycles. The fourth-order valence-corrected chi connectivity index (χ4v) is 2.70. The van der Waals surface area contributed by atoms with Gasteiger partial charge < -0.3 is 5.11 Å². The van der Waals surface area contributed by atoms with E-state index in [0.717, 1.165) is 0 Å². The second-order valence-corrected chi connectivity index (χ2v) is 5.65. The lowest BCUT2D eigenvalue weighted by Crippen LogP contribution is -2.00. The van der Waals surface area contributed by atoms with Crippen molar-refractivity contribution < 1.29 is 19.1 Å². The van der Waals surface area contributed by atoms with Crippen LogP contribution in [-0.4, -0.2) is 16.9 Å². The molecule has 3 nitrogen and oxygen atoms in total. The third-order valence-corrected chi connectivity index (χ3v) is 3.93. The summed E-state index contributed by atoms with van der Waals surface area (Å²) in [5.41, 5.74) is 2.20. The molecule has 0 saturated carbocycles. The van der Waals surface area contributed by atoms with Gasteiger partial charge in [-0.15, -0.1) is 0 Å². The van der Waals surface area contributed by atoms with E-state index < -0.39 is 5.97 Å². The molecule has 26 heavy (non-hydrogen) atoms. The van der Waals surface area contributed by atoms with E-state index in [2.05, 4.69) is 0 Å². The van der Waals surface area contributed by atoms with Gasteiger partial charge in [0.2, 0.25) is 0 Å². The maximum atomic E-state index is 13.5. The summed E-state index contributed by atoms with van der Waals surface area (Å²) in [4.78, 5) is 23.9. The highest BCUT2D eigenvalue weighted by molar-refractivity contribution is 6.11. The number of benzene rings is 3. The van der Waals surface area contributed by atoms with Gasteiger partial charge in [-0.3, -0.25) is 4.79 Å². The monoisotopic (exact) mass is 346 g/mol. The highest BCUT2D eigenvalue weighted by atomic mass is 19.1. The molecule has 3 aromatic carbocycles. The summed E-state index contributed by atoms with van der Waals surface area (Å²) >= 11 is 0. The first-order chi connectivity index (χ1) is 12.6. The van der Waals surface area contributed by atoms with Crippen molar-refractivity contribution in [1.29, 1.82) is 0 Å². The molecule has 0 spiro atoms. The molecule has 0 fully saturated rings. The van der Waals surface area contributed by atoms with Gasteiger partial charge in [0.25, 0.3) is 0 Å². The van der Waals surface area contributed by atoms with Crippen LogP contribution in [0.4, 0.5) is 4.39 Å². The lowest BCUT2D eigenvalue weighted by molar-refractivity contribution is 0.0696. The van der Waals surface area contributed by atoms with Gasteiger partial charge in [0, 0.05) is 5.56 Å². The van der Waals surface area contributed by atoms with Crippen molar-refractivity contribution in [2.24, 2.45) is 0 Å². The summed E-state index contributed by atoms with van der Waals surface area (Å²) in [6.45, 7) is 0. The van der Waals surface area contributed by atoms with Gasteiger partial charge in [-0.2, -0.15) is 0 Å². The van der Waals surface area contributed by atoms with Crippen LogP contribution in [-0.2, 0) is 0 Å². The summed E-state index contributed by atoms with van der Waals surface area (Å²) in [5, 5.41) is 9.21. The average Bonchev–Trinajstić information content (AvgIpc) is 2.66. The van der Waals surface area contributed by atoms with Crippen molar-refractivity contribution in [2.75, 3.05) is 0 Å². The Morgan fingerprint density at radius 2 is 1.54 bits per heavy atom. The van der Waals surface area contributed by atoms with Gasteiger partial charge in [0.1, 0.15) is 5.82 Å². The number of rotatable bonds is 5. The molecule has 4 heteroatoms. The van der Waals surface area contributed by atoms with Crippen LogP contribution in [0.3, 0.4) is 0 Å². The van der Waals surface area contributed by atoms with E-state index in [4.69, 9.17) is 0 Å². The van der Waals surface area contributed by atoms with E-state index in [9.17, 15) is 19.1 Å². The zero-order valence-electron chi connectivity index (χ0n) is 13.7. The Morgan fingerprint density at radius 1 is 0.846 bits per heavy atom. The van der Waals surface area contributed by atoms with Crippen molar-refractivity contribution >= 4 is 17.8 Å². The first-order valence-electron chi connectivity index (χ1n) is 7.96. The lowest BCUT2D eigenvalue weighted by Gasteiger charge is -2.07. The Labute approximate surface area is 150 Å². The van der Waals surface area contributed by atoms with E-state index in [1.807, 2.05) is 0 Å². The maximum absolute atomic E-state index is 13.5. The summed E-state index contributed by atoms with van der Waals surface area (Å²) < 4.78 is 13.5. The number of carbonyl (C=O) groups excluding carboxylic acids is 1. The Morgan fingerprint density at radius 3 is 2.27 bits per heavy atom. The van der Waals surface area contributed by atoms with Gasteiger partial charge in [-0.05, 0) is 41.0 Å². The third-order valence-electron chi connectivity index (χ3n) is 3.93.